The molecule has 0 spiro atoms. The normalized spacial score (nSPS) is 13.5. The van der Waals surface area contributed by atoms with Crippen molar-refractivity contribution in [3.05, 3.63) is 0 Å². The maximum absolute atomic E-state index is 5.61. The molecule has 0 fully saturated rings. The predicted molar refractivity (Wildman–Crippen MR) is 52.2 cm³/mol. The Balaban J connectivity index is 2.89. The van der Waals surface area contributed by atoms with E-state index in [0.29, 0.717) is 13.2 Å². The van der Waals surface area contributed by atoms with Crippen LogP contribution < -0.4 is 0 Å². The minimum Gasteiger partial charge on any atom is -0.378 e. The molecule has 0 aromatic rings. The Kier molecular flexibility index (Phi) is 9.94. The van der Waals surface area contributed by atoms with Gasteiger partial charge < -0.3 is 4.74 Å². The van der Waals surface area contributed by atoms with Crippen LogP contribution in [0.2, 0.25) is 0 Å². The molecule has 0 saturated heterocycles. The molecule has 0 aliphatic rings. The molecule has 0 radical (unpaired) electrons. The van der Waals surface area contributed by atoms with Crippen molar-refractivity contribution in [2.75, 3.05) is 19.0 Å². The first-order valence-corrected chi connectivity index (χ1v) is 6.49. The zero-order chi connectivity index (χ0) is 7.82. The van der Waals surface area contributed by atoms with Gasteiger partial charge in [0, 0.05) is 5.75 Å². The van der Waals surface area contributed by atoms with E-state index in [2.05, 4.69) is 0 Å². The summed E-state index contributed by atoms with van der Waals surface area (Å²) in [6, 6.07) is 0. The third kappa shape index (κ3) is 7.63. The second-order valence-corrected chi connectivity index (χ2v) is 4.74. The molecule has 0 saturated carbocycles. The molecule has 1 unspecified atom stereocenters. The standard InChI is InChI=1S/C4H7Cl3OS2/c5-4(10-7)3-8-1-2-9-6/h4H,1-3H2. The Hall–Kier alpha value is 1.53. The monoisotopic (exact) mass is 240 g/mol. The summed E-state index contributed by atoms with van der Waals surface area (Å²) in [6.07, 6.45) is 0. The summed E-state index contributed by atoms with van der Waals surface area (Å²) >= 11 is 5.61. The van der Waals surface area contributed by atoms with Crippen LogP contribution in [0.5, 0.6) is 0 Å². The van der Waals surface area contributed by atoms with Crippen LogP contribution in [0, 0.1) is 0 Å². The molecule has 62 valence electrons. The fourth-order valence-electron chi connectivity index (χ4n) is 0.292. The Bertz CT molecular complexity index is 75.5. The molecular formula is C4H7Cl3OS2. The first-order chi connectivity index (χ1) is 4.81. The van der Waals surface area contributed by atoms with Gasteiger partial charge >= 0.3 is 0 Å². The van der Waals surface area contributed by atoms with E-state index in [-0.39, 0.29) is 4.71 Å². The van der Waals surface area contributed by atoms with E-state index in [1.54, 1.807) is 0 Å². The molecule has 0 aliphatic heterocycles. The van der Waals surface area contributed by atoms with Gasteiger partial charge in [0.2, 0.25) is 0 Å². The Labute approximate surface area is 83.1 Å². The van der Waals surface area contributed by atoms with Crippen LogP contribution in [0.1, 0.15) is 0 Å². The summed E-state index contributed by atoms with van der Waals surface area (Å²) in [5.41, 5.74) is 0. The molecule has 0 N–H and O–H groups in total. The van der Waals surface area contributed by atoms with E-state index >= 15 is 0 Å². The molecule has 1 nitrogen and oxygen atoms in total. The molecule has 0 aromatic carbocycles. The van der Waals surface area contributed by atoms with Crippen molar-refractivity contribution in [3.8, 4) is 0 Å². The summed E-state index contributed by atoms with van der Waals surface area (Å²) in [7, 11) is 12.9. The van der Waals surface area contributed by atoms with Gasteiger partial charge in [-0.05, 0) is 32.3 Å². The number of halogens is 3. The SMILES string of the molecule is ClSCCOCC(Cl)SCl. The van der Waals surface area contributed by atoms with Crippen molar-refractivity contribution in [2.24, 2.45) is 0 Å². The van der Waals surface area contributed by atoms with Crippen molar-refractivity contribution in [3.63, 3.8) is 0 Å². The highest BCUT2D eigenvalue weighted by Gasteiger charge is 2.01. The molecule has 0 bridgehead atoms. The van der Waals surface area contributed by atoms with E-state index in [4.69, 9.17) is 37.7 Å². The van der Waals surface area contributed by atoms with E-state index in [0.717, 1.165) is 16.7 Å². The van der Waals surface area contributed by atoms with Crippen molar-refractivity contribution in [1.29, 1.82) is 0 Å². The van der Waals surface area contributed by atoms with Gasteiger partial charge in [0.15, 0.2) is 0 Å². The van der Waals surface area contributed by atoms with E-state index in [1.807, 2.05) is 0 Å². The molecule has 6 heteroatoms. The fraction of sp³-hybridized carbons (Fsp3) is 1.00. The minimum absolute atomic E-state index is 0.165. The van der Waals surface area contributed by atoms with Crippen LogP contribution in [-0.2, 0) is 4.74 Å². The highest BCUT2D eigenvalue weighted by Crippen LogP contribution is 2.19. The number of rotatable bonds is 6. The lowest BCUT2D eigenvalue weighted by Gasteiger charge is -2.03. The van der Waals surface area contributed by atoms with Gasteiger partial charge in [-0.3, -0.25) is 0 Å². The van der Waals surface area contributed by atoms with Gasteiger partial charge in [-0.25, -0.2) is 0 Å². The van der Waals surface area contributed by atoms with Crippen LogP contribution in [-0.4, -0.2) is 23.7 Å². The highest BCUT2D eigenvalue weighted by atomic mass is 35.7. The third-order valence-electron chi connectivity index (χ3n) is 0.650. The van der Waals surface area contributed by atoms with Crippen molar-refractivity contribution in [2.45, 2.75) is 4.71 Å². The molecule has 0 aliphatic carbocycles. The Morgan fingerprint density at radius 2 is 2.10 bits per heavy atom. The second-order valence-electron chi connectivity index (χ2n) is 1.39. The summed E-state index contributed by atoms with van der Waals surface area (Å²) in [5, 5.41) is 0. The lowest BCUT2D eigenvalue weighted by atomic mass is 10.8. The number of alkyl halides is 1. The smallest absolute Gasteiger partial charge is 0.117 e. The lowest BCUT2D eigenvalue weighted by molar-refractivity contribution is 0.162. The molecule has 10 heavy (non-hydrogen) atoms. The molecular weight excluding hydrogens is 235 g/mol. The van der Waals surface area contributed by atoms with Crippen LogP contribution in [0.3, 0.4) is 0 Å². The summed E-state index contributed by atoms with van der Waals surface area (Å²) in [6.45, 7) is 1.09. The molecule has 0 rings (SSSR count). The van der Waals surface area contributed by atoms with Crippen molar-refractivity contribution < 1.29 is 4.74 Å². The van der Waals surface area contributed by atoms with Gasteiger partial charge in [-0.15, -0.1) is 11.6 Å². The van der Waals surface area contributed by atoms with Crippen LogP contribution in [0.4, 0.5) is 0 Å². The Morgan fingerprint density at radius 3 is 2.60 bits per heavy atom. The Morgan fingerprint density at radius 1 is 1.40 bits per heavy atom. The van der Waals surface area contributed by atoms with Crippen LogP contribution in [0.15, 0.2) is 0 Å². The van der Waals surface area contributed by atoms with E-state index < -0.39 is 0 Å². The van der Waals surface area contributed by atoms with Crippen molar-refractivity contribution in [1.82, 2.24) is 0 Å². The first kappa shape index (κ1) is 11.5. The zero-order valence-electron chi connectivity index (χ0n) is 5.06. The predicted octanol–water partition coefficient (Wildman–Crippen LogP) is 3.34. The molecule has 0 heterocycles. The largest absolute Gasteiger partial charge is 0.378 e. The van der Waals surface area contributed by atoms with Gasteiger partial charge in [-0.1, -0.05) is 11.0 Å². The quantitative estimate of drug-likeness (QED) is 0.521. The minimum atomic E-state index is -0.165. The fourth-order valence-corrected chi connectivity index (χ4v) is 1.05. The van der Waals surface area contributed by atoms with Gasteiger partial charge in [-0.2, -0.15) is 0 Å². The van der Waals surface area contributed by atoms with Crippen molar-refractivity contribution >= 4 is 54.9 Å². The first-order valence-electron chi connectivity index (χ1n) is 2.54. The maximum Gasteiger partial charge on any atom is 0.117 e. The van der Waals surface area contributed by atoms with Gasteiger partial charge in [0.1, 0.15) is 4.71 Å². The second kappa shape index (κ2) is 8.62. The third-order valence-corrected chi connectivity index (χ3v) is 3.08. The highest BCUT2D eigenvalue weighted by molar-refractivity contribution is 8.22. The average Bonchev–Trinajstić information content (AvgIpc) is 1.98. The molecule has 0 aromatic heterocycles. The number of hydrogen-bond donors (Lipinski definition) is 0. The van der Waals surface area contributed by atoms with Crippen LogP contribution in [0.25, 0.3) is 0 Å². The van der Waals surface area contributed by atoms with Gasteiger partial charge in [0.25, 0.3) is 0 Å². The number of ether oxygens (including phenoxy) is 1. The summed E-state index contributed by atoms with van der Waals surface area (Å²) in [5.74, 6) is 0.776. The number of hydrogen-bond acceptors (Lipinski definition) is 3. The molecule has 1 atom stereocenters. The van der Waals surface area contributed by atoms with E-state index in [1.165, 1.54) is 11.0 Å². The maximum atomic E-state index is 5.61. The topological polar surface area (TPSA) is 9.23 Å². The summed E-state index contributed by atoms with van der Waals surface area (Å²) in [4.78, 5) is 0. The summed E-state index contributed by atoms with van der Waals surface area (Å²) < 4.78 is 4.92. The van der Waals surface area contributed by atoms with E-state index in [9.17, 15) is 0 Å². The van der Waals surface area contributed by atoms with Crippen LogP contribution >= 0.6 is 54.9 Å². The lowest BCUT2D eigenvalue weighted by Crippen LogP contribution is -2.05. The molecule has 0 amide bonds. The van der Waals surface area contributed by atoms with Gasteiger partial charge in [0.05, 0.1) is 13.2 Å². The zero-order valence-corrected chi connectivity index (χ0v) is 8.96. The average molecular weight is 242 g/mol.